The first-order chi connectivity index (χ1) is 12.6. The lowest BCUT2D eigenvalue weighted by Gasteiger charge is -2.26. The number of benzene rings is 1. The van der Waals surface area contributed by atoms with Gasteiger partial charge >= 0.3 is 0 Å². The van der Waals surface area contributed by atoms with Gasteiger partial charge in [-0.1, -0.05) is 6.92 Å². The molecule has 1 aromatic rings. The Bertz CT molecular complexity index is 653. The summed E-state index contributed by atoms with van der Waals surface area (Å²) in [6.07, 6.45) is 3.88. The van der Waals surface area contributed by atoms with Crippen molar-refractivity contribution in [2.45, 2.75) is 31.1 Å². The number of sulfonamides is 1. The third kappa shape index (κ3) is 5.42. The fraction of sp³-hybridized carbons (Fsp3) is 0.684. The molecule has 0 unspecified atom stereocenters. The monoisotopic (exact) mass is 382 g/mol. The van der Waals surface area contributed by atoms with Crippen molar-refractivity contribution in [3.63, 3.8) is 0 Å². The lowest BCUT2D eigenvalue weighted by molar-refractivity contribution is 0.0730. The van der Waals surface area contributed by atoms with Gasteiger partial charge in [-0.15, -0.1) is 0 Å². The number of nitrogens with zero attached hydrogens (tertiary/aromatic N) is 2. The van der Waals surface area contributed by atoms with E-state index in [2.05, 4.69) is 11.8 Å². The summed E-state index contributed by atoms with van der Waals surface area (Å²) in [7, 11) is -3.44. The highest BCUT2D eigenvalue weighted by Gasteiger charge is 2.26. The lowest BCUT2D eigenvalue weighted by Crippen LogP contribution is -2.40. The predicted molar refractivity (Wildman–Crippen MR) is 101 cm³/mol. The van der Waals surface area contributed by atoms with E-state index in [9.17, 15) is 8.42 Å². The maximum absolute atomic E-state index is 12.6. The Morgan fingerprint density at radius 2 is 1.85 bits per heavy atom. The summed E-state index contributed by atoms with van der Waals surface area (Å²) < 4.78 is 37.7. The van der Waals surface area contributed by atoms with Crippen LogP contribution in [-0.4, -0.2) is 70.2 Å². The first-order valence-corrected chi connectivity index (χ1v) is 11.1. The Labute approximate surface area is 157 Å². The van der Waals surface area contributed by atoms with Gasteiger partial charge < -0.3 is 9.47 Å². The van der Waals surface area contributed by atoms with Crippen LogP contribution in [0.5, 0.6) is 5.75 Å². The van der Waals surface area contributed by atoms with Crippen LogP contribution >= 0.6 is 0 Å². The summed E-state index contributed by atoms with van der Waals surface area (Å²) >= 11 is 0. The van der Waals surface area contributed by atoms with Crippen LogP contribution < -0.4 is 4.74 Å². The zero-order valence-electron chi connectivity index (χ0n) is 15.6. The largest absolute Gasteiger partial charge is 0.492 e. The highest BCUT2D eigenvalue weighted by Crippen LogP contribution is 2.29. The smallest absolute Gasteiger partial charge is 0.243 e. The van der Waals surface area contributed by atoms with Gasteiger partial charge in [0.2, 0.25) is 10.0 Å². The van der Waals surface area contributed by atoms with Crippen LogP contribution in [0.15, 0.2) is 29.2 Å². The second kappa shape index (κ2) is 9.17. The molecule has 1 aromatic carbocycles. The van der Waals surface area contributed by atoms with Gasteiger partial charge in [-0.2, -0.15) is 4.31 Å². The van der Waals surface area contributed by atoms with E-state index in [1.807, 2.05) is 0 Å². The molecule has 0 radical (unpaired) electrons. The number of morpholine rings is 1. The summed E-state index contributed by atoms with van der Waals surface area (Å²) in [6.45, 7) is 7.76. The molecule has 2 aliphatic rings. The highest BCUT2D eigenvalue weighted by molar-refractivity contribution is 7.89. The van der Waals surface area contributed by atoms with Crippen LogP contribution in [0.2, 0.25) is 0 Å². The standard InChI is InChI=1S/C19H30N2O4S/c1-2-9-20(16-17-3-4-17)10-15-25-18-5-7-19(8-6-18)26(22,23)21-11-13-24-14-12-21/h5-8,17H,2-4,9-16H2,1H3. The molecule has 6 nitrogen and oxygen atoms in total. The molecule has 0 N–H and O–H groups in total. The molecule has 1 aliphatic carbocycles. The Balaban J connectivity index is 1.50. The molecule has 0 spiro atoms. The van der Waals surface area contributed by atoms with Gasteiger partial charge in [0.05, 0.1) is 18.1 Å². The number of rotatable bonds is 10. The molecule has 2 fully saturated rings. The van der Waals surface area contributed by atoms with Crippen LogP contribution in [-0.2, 0) is 14.8 Å². The molecule has 1 aliphatic heterocycles. The molecule has 1 heterocycles. The van der Waals surface area contributed by atoms with Crippen molar-refractivity contribution < 1.29 is 17.9 Å². The Kier molecular flexibility index (Phi) is 6.92. The minimum Gasteiger partial charge on any atom is -0.492 e. The van der Waals surface area contributed by atoms with E-state index < -0.39 is 10.0 Å². The molecule has 0 bridgehead atoms. The van der Waals surface area contributed by atoms with Gasteiger partial charge in [0.15, 0.2) is 0 Å². The van der Waals surface area contributed by atoms with E-state index in [-0.39, 0.29) is 0 Å². The normalized spacial score (nSPS) is 19.0. The van der Waals surface area contributed by atoms with Crippen molar-refractivity contribution >= 4 is 10.0 Å². The fourth-order valence-electron chi connectivity index (χ4n) is 3.21. The fourth-order valence-corrected chi connectivity index (χ4v) is 4.62. The van der Waals surface area contributed by atoms with Crippen molar-refractivity contribution in [3.05, 3.63) is 24.3 Å². The van der Waals surface area contributed by atoms with Gasteiger partial charge in [0.1, 0.15) is 12.4 Å². The summed E-state index contributed by atoms with van der Waals surface area (Å²) in [5.41, 5.74) is 0. The van der Waals surface area contributed by atoms with Gasteiger partial charge in [0.25, 0.3) is 0 Å². The average Bonchev–Trinajstić information content (AvgIpc) is 3.47. The molecule has 0 aromatic heterocycles. The van der Waals surface area contributed by atoms with Crippen LogP contribution in [0.1, 0.15) is 26.2 Å². The van der Waals surface area contributed by atoms with Crippen molar-refractivity contribution in [2.75, 3.05) is 52.5 Å². The maximum atomic E-state index is 12.6. The third-order valence-electron chi connectivity index (χ3n) is 4.86. The molecule has 3 rings (SSSR count). The van der Waals surface area contributed by atoms with Gasteiger partial charge in [0, 0.05) is 26.2 Å². The van der Waals surface area contributed by atoms with Crippen molar-refractivity contribution in [3.8, 4) is 5.75 Å². The van der Waals surface area contributed by atoms with Crippen LogP contribution in [0.4, 0.5) is 0 Å². The molecule has 1 saturated carbocycles. The predicted octanol–water partition coefficient (Wildman–Crippen LogP) is 2.21. The van der Waals surface area contributed by atoms with E-state index in [1.54, 1.807) is 24.3 Å². The number of hydrogen-bond donors (Lipinski definition) is 0. The van der Waals surface area contributed by atoms with Gasteiger partial charge in [-0.05, 0) is 56.0 Å². The summed E-state index contributed by atoms with van der Waals surface area (Å²) in [5, 5.41) is 0. The topological polar surface area (TPSA) is 59.1 Å². The van der Waals surface area contributed by atoms with Crippen molar-refractivity contribution in [2.24, 2.45) is 5.92 Å². The van der Waals surface area contributed by atoms with Gasteiger partial charge in [-0.25, -0.2) is 8.42 Å². The first-order valence-electron chi connectivity index (χ1n) is 9.62. The quantitative estimate of drug-likeness (QED) is 0.621. The lowest BCUT2D eigenvalue weighted by atomic mass is 10.3. The SMILES string of the molecule is CCCN(CCOc1ccc(S(=O)(=O)N2CCOCC2)cc1)CC1CC1. The zero-order valence-corrected chi connectivity index (χ0v) is 16.4. The van der Waals surface area contributed by atoms with Crippen molar-refractivity contribution in [1.29, 1.82) is 0 Å². The molecule has 0 amide bonds. The second-order valence-corrected chi connectivity index (χ2v) is 9.02. The number of ether oxygens (including phenoxy) is 2. The summed E-state index contributed by atoms with van der Waals surface area (Å²) in [4.78, 5) is 2.78. The van der Waals surface area contributed by atoms with E-state index in [0.717, 1.165) is 25.4 Å². The molecular weight excluding hydrogens is 352 g/mol. The molecule has 146 valence electrons. The molecular formula is C19H30N2O4S. The number of hydrogen-bond acceptors (Lipinski definition) is 5. The van der Waals surface area contributed by atoms with Crippen LogP contribution in [0.25, 0.3) is 0 Å². The average molecular weight is 383 g/mol. The Hall–Kier alpha value is -1.15. The highest BCUT2D eigenvalue weighted by atomic mass is 32.2. The maximum Gasteiger partial charge on any atom is 0.243 e. The molecule has 26 heavy (non-hydrogen) atoms. The third-order valence-corrected chi connectivity index (χ3v) is 6.77. The molecule has 1 saturated heterocycles. The summed E-state index contributed by atoms with van der Waals surface area (Å²) in [5.74, 6) is 1.60. The first kappa shape index (κ1) is 19.6. The molecule has 0 atom stereocenters. The minimum atomic E-state index is -3.44. The van der Waals surface area contributed by atoms with Crippen LogP contribution in [0, 0.1) is 5.92 Å². The zero-order chi connectivity index (χ0) is 18.4. The second-order valence-electron chi connectivity index (χ2n) is 7.08. The van der Waals surface area contributed by atoms with E-state index >= 15 is 0 Å². The Morgan fingerprint density at radius 1 is 1.15 bits per heavy atom. The van der Waals surface area contributed by atoms with Gasteiger partial charge in [-0.3, -0.25) is 4.90 Å². The van der Waals surface area contributed by atoms with E-state index in [4.69, 9.17) is 9.47 Å². The van der Waals surface area contributed by atoms with Crippen LogP contribution in [0.3, 0.4) is 0 Å². The van der Waals surface area contributed by atoms with E-state index in [0.29, 0.717) is 43.6 Å². The Morgan fingerprint density at radius 3 is 2.46 bits per heavy atom. The van der Waals surface area contributed by atoms with Crippen molar-refractivity contribution in [1.82, 2.24) is 9.21 Å². The molecule has 7 heteroatoms. The minimum absolute atomic E-state index is 0.313. The summed E-state index contributed by atoms with van der Waals surface area (Å²) in [6, 6.07) is 6.76. The van der Waals surface area contributed by atoms with E-state index in [1.165, 1.54) is 23.7 Å².